The second-order valence-electron chi connectivity index (χ2n) is 4.48. The van der Waals surface area contributed by atoms with Crippen LogP contribution < -0.4 is 4.87 Å². The number of carbonyl (C=O) groups excluding carboxylic acids is 2. The van der Waals surface area contributed by atoms with Crippen molar-refractivity contribution in [2.45, 2.75) is 10.9 Å². The third kappa shape index (κ3) is 2.75. The molecule has 0 bridgehead atoms. The van der Waals surface area contributed by atoms with Gasteiger partial charge in [-0.2, -0.15) is 0 Å². The highest BCUT2D eigenvalue weighted by Gasteiger charge is 2.40. The zero-order valence-corrected chi connectivity index (χ0v) is 14.5. The molecule has 0 radical (unpaired) electrons. The van der Waals surface area contributed by atoms with Crippen molar-refractivity contribution >= 4 is 46.4 Å². The van der Waals surface area contributed by atoms with Crippen LogP contribution in [0.15, 0.2) is 37.8 Å². The van der Waals surface area contributed by atoms with Crippen LogP contribution in [0.1, 0.15) is 15.7 Å². The SMILES string of the molecule is COC(=O)C1=C(C(=O)OC)C(c2cccs2)c2sc(=O)[nH]c2S1. The van der Waals surface area contributed by atoms with Crippen molar-refractivity contribution in [3.8, 4) is 0 Å². The summed E-state index contributed by atoms with van der Waals surface area (Å²) in [6, 6.07) is 3.71. The van der Waals surface area contributed by atoms with Gasteiger partial charge in [0, 0.05) is 4.88 Å². The number of fused-ring (bicyclic) bond motifs is 1. The van der Waals surface area contributed by atoms with Gasteiger partial charge in [0.15, 0.2) is 0 Å². The number of rotatable bonds is 3. The lowest BCUT2D eigenvalue weighted by atomic mass is 9.95. The van der Waals surface area contributed by atoms with E-state index in [9.17, 15) is 14.4 Å². The molecular formula is C14H11NO5S3. The fourth-order valence-corrected chi connectivity index (χ4v) is 5.44. The molecule has 1 aliphatic heterocycles. The highest BCUT2D eigenvalue weighted by Crippen LogP contribution is 2.49. The fraction of sp³-hybridized carbons (Fsp3) is 0.214. The largest absolute Gasteiger partial charge is 0.466 e. The van der Waals surface area contributed by atoms with Crippen molar-refractivity contribution in [3.63, 3.8) is 0 Å². The summed E-state index contributed by atoms with van der Waals surface area (Å²) in [6.45, 7) is 0. The highest BCUT2D eigenvalue weighted by atomic mass is 32.2. The lowest BCUT2D eigenvalue weighted by Crippen LogP contribution is -2.21. The molecule has 0 saturated heterocycles. The van der Waals surface area contributed by atoms with Gasteiger partial charge in [-0.1, -0.05) is 29.2 Å². The zero-order chi connectivity index (χ0) is 16.6. The maximum atomic E-state index is 12.3. The van der Waals surface area contributed by atoms with Gasteiger partial charge in [0.25, 0.3) is 0 Å². The fourth-order valence-electron chi connectivity index (χ4n) is 2.30. The standard InChI is InChI=1S/C14H11NO5S3/c1-19-12(16)8-7(6-4-3-5-21-6)9-11(15-14(18)23-9)22-10(8)13(17)20-2/h3-5,7H,1-2H3,(H,15,18). The number of H-pyrrole nitrogens is 1. The van der Waals surface area contributed by atoms with Crippen LogP contribution in [-0.4, -0.2) is 31.1 Å². The Morgan fingerprint density at radius 3 is 2.57 bits per heavy atom. The third-order valence-corrected chi connectivity index (χ3v) is 6.38. The van der Waals surface area contributed by atoms with E-state index >= 15 is 0 Å². The quantitative estimate of drug-likeness (QED) is 0.836. The van der Waals surface area contributed by atoms with Gasteiger partial charge >= 0.3 is 16.8 Å². The topological polar surface area (TPSA) is 85.5 Å². The van der Waals surface area contributed by atoms with Gasteiger partial charge in [0.2, 0.25) is 0 Å². The Balaban J connectivity index is 2.28. The first kappa shape index (κ1) is 16.0. The average molecular weight is 369 g/mol. The van der Waals surface area contributed by atoms with E-state index in [0.717, 1.165) is 28.0 Å². The molecule has 2 aromatic heterocycles. The van der Waals surface area contributed by atoms with Crippen LogP contribution in [0.4, 0.5) is 0 Å². The highest BCUT2D eigenvalue weighted by molar-refractivity contribution is 8.04. The Bertz CT molecular complexity index is 846. The number of hydrogen-bond acceptors (Lipinski definition) is 8. The van der Waals surface area contributed by atoms with Gasteiger partial charge in [0.1, 0.15) is 4.91 Å². The number of ether oxygens (including phenoxy) is 2. The van der Waals surface area contributed by atoms with Crippen molar-refractivity contribution in [2.75, 3.05) is 14.2 Å². The Hall–Kier alpha value is -1.84. The third-order valence-electron chi connectivity index (χ3n) is 3.25. The van der Waals surface area contributed by atoms with Crippen LogP contribution in [0, 0.1) is 0 Å². The maximum Gasteiger partial charge on any atom is 0.345 e. The zero-order valence-electron chi connectivity index (χ0n) is 12.1. The molecule has 0 fully saturated rings. The smallest absolute Gasteiger partial charge is 0.345 e. The first-order valence-electron chi connectivity index (χ1n) is 6.41. The number of methoxy groups -OCH3 is 2. The van der Waals surface area contributed by atoms with Gasteiger partial charge in [-0.15, -0.1) is 11.3 Å². The summed E-state index contributed by atoms with van der Waals surface area (Å²) in [7, 11) is 2.51. The van der Waals surface area contributed by atoms with Crippen LogP contribution in [0.2, 0.25) is 0 Å². The molecular weight excluding hydrogens is 358 g/mol. The molecule has 9 heteroatoms. The first-order chi connectivity index (χ1) is 11.1. The lowest BCUT2D eigenvalue weighted by Gasteiger charge is -2.24. The number of carbonyl (C=O) groups is 2. The van der Waals surface area contributed by atoms with E-state index in [1.807, 2.05) is 17.5 Å². The number of nitrogens with one attached hydrogen (secondary N) is 1. The van der Waals surface area contributed by atoms with Crippen LogP contribution in [0.25, 0.3) is 0 Å². The van der Waals surface area contributed by atoms with E-state index in [-0.39, 0.29) is 15.4 Å². The molecule has 0 aromatic carbocycles. The van der Waals surface area contributed by atoms with E-state index in [4.69, 9.17) is 9.47 Å². The number of esters is 2. The van der Waals surface area contributed by atoms with Crippen molar-refractivity contribution in [1.29, 1.82) is 0 Å². The number of hydrogen-bond donors (Lipinski definition) is 1. The predicted molar refractivity (Wildman–Crippen MR) is 88.0 cm³/mol. The van der Waals surface area contributed by atoms with Crippen molar-refractivity contribution in [3.05, 3.63) is 47.4 Å². The minimum atomic E-state index is -0.630. The Morgan fingerprint density at radius 1 is 1.22 bits per heavy atom. The summed E-state index contributed by atoms with van der Waals surface area (Å²) in [5.74, 6) is -1.76. The van der Waals surface area contributed by atoms with E-state index in [2.05, 4.69) is 4.98 Å². The summed E-state index contributed by atoms with van der Waals surface area (Å²) in [5.41, 5.74) is 0.203. The number of thiazole rings is 1. The summed E-state index contributed by atoms with van der Waals surface area (Å²) >= 11 is 3.50. The Kier molecular flexibility index (Phi) is 4.42. The van der Waals surface area contributed by atoms with E-state index < -0.39 is 17.9 Å². The predicted octanol–water partition coefficient (Wildman–Crippen LogP) is 2.34. The van der Waals surface area contributed by atoms with E-state index in [1.165, 1.54) is 25.6 Å². The molecule has 1 atom stereocenters. The second kappa shape index (κ2) is 6.34. The van der Waals surface area contributed by atoms with Crippen LogP contribution in [-0.2, 0) is 19.1 Å². The van der Waals surface area contributed by atoms with Crippen LogP contribution in [0.5, 0.6) is 0 Å². The molecule has 120 valence electrons. The minimum absolute atomic E-state index is 0.138. The summed E-state index contributed by atoms with van der Waals surface area (Å²) in [6.07, 6.45) is 0. The van der Waals surface area contributed by atoms with E-state index in [1.54, 1.807) is 0 Å². The van der Waals surface area contributed by atoms with Crippen molar-refractivity contribution in [2.24, 2.45) is 0 Å². The average Bonchev–Trinajstić information content (AvgIpc) is 3.19. The second-order valence-corrected chi connectivity index (χ2v) is 7.50. The number of thiophene rings is 1. The molecule has 6 nitrogen and oxygen atoms in total. The normalized spacial score (nSPS) is 16.9. The maximum absolute atomic E-state index is 12.3. The van der Waals surface area contributed by atoms with Gasteiger partial charge < -0.3 is 14.5 Å². The van der Waals surface area contributed by atoms with Crippen molar-refractivity contribution in [1.82, 2.24) is 4.98 Å². The van der Waals surface area contributed by atoms with Gasteiger partial charge in [-0.05, 0) is 11.4 Å². The number of thioether (sulfide) groups is 1. The summed E-state index contributed by atoms with van der Waals surface area (Å²) in [5, 5.41) is 2.44. The Morgan fingerprint density at radius 2 is 1.96 bits per heavy atom. The molecule has 0 saturated carbocycles. The molecule has 0 amide bonds. The molecule has 0 aliphatic carbocycles. The molecule has 3 rings (SSSR count). The molecule has 1 unspecified atom stereocenters. The summed E-state index contributed by atoms with van der Waals surface area (Å²) in [4.78, 5) is 40.4. The van der Waals surface area contributed by atoms with Gasteiger partial charge in [-0.25, -0.2) is 9.59 Å². The van der Waals surface area contributed by atoms with Crippen molar-refractivity contribution < 1.29 is 19.1 Å². The van der Waals surface area contributed by atoms with Gasteiger partial charge in [-0.3, -0.25) is 4.79 Å². The molecule has 2 aromatic rings. The lowest BCUT2D eigenvalue weighted by molar-refractivity contribution is -0.139. The molecule has 1 aliphatic rings. The molecule has 0 spiro atoms. The van der Waals surface area contributed by atoms with Crippen LogP contribution >= 0.6 is 34.4 Å². The number of aromatic nitrogens is 1. The summed E-state index contributed by atoms with van der Waals surface area (Å²) < 4.78 is 9.66. The minimum Gasteiger partial charge on any atom is -0.466 e. The van der Waals surface area contributed by atoms with Crippen LogP contribution in [0.3, 0.4) is 0 Å². The van der Waals surface area contributed by atoms with E-state index in [0.29, 0.717) is 9.90 Å². The monoisotopic (exact) mass is 369 g/mol. The first-order valence-corrected chi connectivity index (χ1v) is 8.93. The Labute approximate surface area is 143 Å². The number of aromatic amines is 1. The molecule has 1 N–H and O–H groups in total. The van der Waals surface area contributed by atoms with Gasteiger partial charge in [0.05, 0.1) is 35.6 Å². The molecule has 23 heavy (non-hydrogen) atoms. The molecule has 3 heterocycles.